The van der Waals surface area contributed by atoms with Gasteiger partial charge in [-0.15, -0.1) is 0 Å². The van der Waals surface area contributed by atoms with Crippen molar-refractivity contribution < 1.29 is 0 Å². The van der Waals surface area contributed by atoms with Crippen LogP contribution < -0.4 is 5.32 Å². The number of likely N-dealkylation sites (tertiary alicyclic amines) is 1. The molecule has 1 aliphatic carbocycles. The normalized spacial score (nSPS) is 18.3. The Bertz CT molecular complexity index is 1030. The van der Waals surface area contributed by atoms with Gasteiger partial charge in [-0.25, -0.2) is 9.97 Å². The predicted molar refractivity (Wildman–Crippen MR) is 120 cm³/mol. The maximum Gasteiger partial charge on any atom is 0.149 e. The Kier molecular flexibility index (Phi) is 5.33. The van der Waals surface area contributed by atoms with Gasteiger partial charge in [0.2, 0.25) is 0 Å². The van der Waals surface area contributed by atoms with Crippen LogP contribution in [0.25, 0.3) is 11.0 Å². The van der Waals surface area contributed by atoms with Crippen LogP contribution in [0.3, 0.4) is 0 Å². The second-order valence-electron chi connectivity index (χ2n) is 8.15. The van der Waals surface area contributed by atoms with Crippen LogP contribution in [-0.4, -0.2) is 34.0 Å². The highest BCUT2D eigenvalue weighted by atomic mass is 35.5. The van der Waals surface area contributed by atoms with E-state index in [0.717, 1.165) is 70.6 Å². The van der Waals surface area contributed by atoms with E-state index in [0.29, 0.717) is 12.0 Å². The largest absolute Gasteiger partial charge is 0.366 e. The average molecular weight is 427 g/mol. The maximum absolute atomic E-state index is 6.36. The summed E-state index contributed by atoms with van der Waals surface area (Å²) in [6.07, 6.45) is 4.61. The van der Waals surface area contributed by atoms with Crippen molar-refractivity contribution in [2.75, 3.05) is 18.4 Å². The highest BCUT2D eigenvalue weighted by Gasteiger charge is 2.28. The first-order valence-corrected chi connectivity index (χ1v) is 11.1. The second kappa shape index (κ2) is 8.10. The molecule has 4 nitrogen and oxygen atoms in total. The molecule has 1 saturated heterocycles. The van der Waals surface area contributed by atoms with Gasteiger partial charge in [-0.1, -0.05) is 35.3 Å². The van der Waals surface area contributed by atoms with Crippen LogP contribution in [0.1, 0.15) is 42.9 Å². The Morgan fingerprint density at radius 2 is 1.66 bits per heavy atom. The van der Waals surface area contributed by atoms with Crippen LogP contribution in [0, 0.1) is 0 Å². The van der Waals surface area contributed by atoms with Crippen molar-refractivity contribution in [3.05, 3.63) is 63.8 Å². The van der Waals surface area contributed by atoms with E-state index in [1.165, 1.54) is 12.8 Å². The molecule has 2 aliphatic rings. The average Bonchev–Trinajstić information content (AvgIpc) is 3.55. The van der Waals surface area contributed by atoms with Gasteiger partial charge < -0.3 is 5.32 Å². The number of nitrogens with zero attached hydrogens (tertiary/aromatic N) is 3. The number of piperidine rings is 1. The molecule has 0 amide bonds. The summed E-state index contributed by atoms with van der Waals surface area (Å²) in [5.74, 6) is 1.42. The fourth-order valence-electron chi connectivity index (χ4n) is 4.10. The number of para-hydroxylation sites is 2. The summed E-state index contributed by atoms with van der Waals surface area (Å²) in [6.45, 7) is 2.87. The van der Waals surface area contributed by atoms with Crippen LogP contribution >= 0.6 is 23.2 Å². The van der Waals surface area contributed by atoms with Crippen molar-refractivity contribution >= 4 is 40.1 Å². The molecule has 150 valence electrons. The standard InChI is InChI=1S/C23H24Cl2N4/c24-17-5-8-19(25)16(13-17)14-29-11-9-15(10-12-29)22-23(26-18-6-7-18)28-21-4-2-1-3-20(21)27-22/h1-5,8,13,15,18H,6-7,9-12,14H2,(H,26,28). The van der Waals surface area contributed by atoms with Crippen molar-refractivity contribution in [2.45, 2.75) is 44.2 Å². The molecule has 3 aromatic rings. The van der Waals surface area contributed by atoms with Gasteiger partial charge in [-0.05, 0) is 74.7 Å². The van der Waals surface area contributed by atoms with Gasteiger partial charge in [0.15, 0.2) is 0 Å². The van der Waals surface area contributed by atoms with E-state index < -0.39 is 0 Å². The molecule has 0 bridgehead atoms. The van der Waals surface area contributed by atoms with Crippen molar-refractivity contribution in [3.63, 3.8) is 0 Å². The zero-order valence-electron chi connectivity index (χ0n) is 16.2. The lowest BCUT2D eigenvalue weighted by Gasteiger charge is -2.32. The lowest BCUT2D eigenvalue weighted by atomic mass is 9.92. The zero-order valence-corrected chi connectivity index (χ0v) is 17.8. The molecule has 6 heteroatoms. The molecular weight excluding hydrogens is 403 g/mol. The molecule has 1 aliphatic heterocycles. The van der Waals surface area contributed by atoms with Gasteiger partial charge in [-0.3, -0.25) is 4.90 Å². The number of fused-ring (bicyclic) bond motifs is 1. The first-order chi connectivity index (χ1) is 14.2. The minimum absolute atomic E-state index is 0.430. The third-order valence-corrected chi connectivity index (χ3v) is 6.50. The van der Waals surface area contributed by atoms with Crippen molar-refractivity contribution in [1.82, 2.24) is 14.9 Å². The summed E-state index contributed by atoms with van der Waals surface area (Å²) in [6, 6.07) is 14.4. The summed E-state index contributed by atoms with van der Waals surface area (Å²) < 4.78 is 0. The fourth-order valence-corrected chi connectivity index (χ4v) is 4.47. The monoisotopic (exact) mass is 426 g/mol. The molecule has 2 aromatic carbocycles. The number of halogens is 2. The van der Waals surface area contributed by atoms with E-state index in [1.54, 1.807) is 0 Å². The van der Waals surface area contributed by atoms with Crippen molar-refractivity contribution in [3.8, 4) is 0 Å². The van der Waals surface area contributed by atoms with E-state index in [9.17, 15) is 0 Å². The van der Waals surface area contributed by atoms with Crippen LogP contribution in [0.4, 0.5) is 5.82 Å². The Hall–Kier alpha value is -1.88. The molecule has 0 atom stereocenters. The zero-order chi connectivity index (χ0) is 19.8. The number of benzene rings is 2. The molecular formula is C23H24Cl2N4. The van der Waals surface area contributed by atoms with Gasteiger partial charge in [0, 0.05) is 28.5 Å². The van der Waals surface area contributed by atoms with Crippen molar-refractivity contribution in [1.29, 1.82) is 0 Å². The Morgan fingerprint density at radius 1 is 0.931 bits per heavy atom. The summed E-state index contributed by atoms with van der Waals surface area (Å²) in [4.78, 5) is 12.4. The van der Waals surface area contributed by atoms with Crippen LogP contribution in [0.5, 0.6) is 0 Å². The lowest BCUT2D eigenvalue weighted by Crippen LogP contribution is -2.33. The molecule has 0 unspecified atom stereocenters. The van der Waals surface area contributed by atoms with Crippen LogP contribution in [0.15, 0.2) is 42.5 Å². The minimum atomic E-state index is 0.430. The highest BCUT2D eigenvalue weighted by molar-refractivity contribution is 6.33. The number of hydrogen-bond donors (Lipinski definition) is 1. The van der Waals surface area contributed by atoms with Crippen LogP contribution in [-0.2, 0) is 6.54 Å². The quantitative estimate of drug-likeness (QED) is 0.551. The van der Waals surface area contributed by atoms with Gasteiger partial charge in [0.05, 0.1) is 16.7 Å². The van der Waals surface area contributed by atoms with Gasteiger partial charge >= 0.3 is 0 Å². The molecule has 1 N–H and O–H groups in total. The van der Waals surface area contributed by atoms with E-state index in [2.05, 4.69) is 16.3 Å². The highest BCUT2D eigenvalue weighted by Crippen LogP contribution is 2.35. The van der Waals surface area contributed by atoms with Gasteiger partial charge in [0.25, 0.3) is 0 Å². The third kappa shape index (κ3) is 4.35. The first kappa shape index (κ1) is 19.1. The van der Waals surface area contributed by atoms with Gasteiger partial charge in [-0.2, -0.15) is 0 Å². The maximum atomic E-state index is 6.36. The fraction of sp³-hybridized carbons (Fsp3) is 0.391. The molecule has 2 fully saturated rings. The number of rotatable bonds is 5. The predicted octanol–water partition coefficient (Wildman–Crippen LogP) is 5.89. The molecule has 0 radical (unpaired) electrons. The topological polar surface area (TPSA) is 41.1 Å². The van der Waals surface area contributed by atoms with E-state index >= 15 is 0 Å². The lowest BCUT2D eigenvalue weighted by molar-refractivity contribution is 0.203. The van der Waals surface area contributed by atoms with E-state index in [-0.39, 0.29) is 0 Å². The molecule has 1 aromatic heterocycles. The Labute approximate surface area is 181 Å². The molecule has 0 spiro atoms. The number of nitrogens with one attached hydrogen (secondary N) is 1. The van der Waals surface area contributed by atoms with E-state index in [4.69, 9.17) is 33.2 Å². The Balaban J connectivity index is 1.33. The smallest absolute Gasteiger partial charge is 0.149 e. The SMILES string of the molecule is Clc1ccc(Cl)c(CN2CCC(c3nc4ccccc4nc3NC3CC3)CC2)c1. The number of hydrogen-bond acceptors (Lipinski definition) is 4. The molecule has 29 heavy (non-hydrogen) atoms. The minimum Gasteiger partial charge on any atom is -0.366 e. The summed E-state index contributed by atoms with van der Waals surface area (Å²) in [5.41, 5.74) is 4.18. The number of aromatic nitrogens is 2. The summed E-state index contributed by atoms with van der Waals surface area (Å²) in [7, 11) is 0. The van der Waals surface area contributed by atoms with Crippen LogP contribution in [0.2, 0.25) is 10.0 Å². The molecule has 5 rings (SSSR count). The molecule has 2 heterocycles. The molecule has 1 saturated carbocycles. The second-order valence-corrected chi connectivity index (χ2v) is 8.99. The van der Waals surface area contributed by atoms with Gasteiger partial charge in [0.1, 0.15) is 5.82 Å². The summed E-state index contributed by atoms with van der Waals surface area (Å²) in [5, 5.41) is 5.14. The first-order valence-electron chi connectivity index (χ1n) is 10.4. The number of anilines is 1. The third-order valence-electron chi connectivity index (χ3n) is 5.89. The van der Waals surface area contributed by atoms with E-state index in [1.807, 2.05) is 36.4 Å². The Morgan fingerprint density at radius 3 is 2.38 bits per heavy atom. The summed E-state index contributed by atoms with van der Waals surface area (Å²) >= 11 is 12.5. The van der Waals surface area contributed by atoms with Crippen molar-refractivity contribution in [2.24, 2.45) is 0 Å².